The highest BCUT2D eigenvalue weighted by atomic mass is 32.2. The van der Waals surface area contributed by atoms with Crippen LogP contribution in [0.1, 0.15) is 12.5 Å². The fourth-order valence-corrected chi connectivity index (χ4v) is 6.43. The van der Waals surface area contributed by atoms with E-state index in [9.17, 15) is 35.1 Å². The van der Waals surface area contributed by atoms with Crippen LogP contribution in [0.2, 0.25) is 0 Å². The van der Waals surface area contributed by atoms with Gasteiger partial charge in [-0.25, -0.2) is 8.42 Å². The second-order valence-electron chi connectivity index (χ2n) is 7.75. The zero-order chi connectivity index (χ0) is 24.7. The molecule has 0 aliphatic carbocycles. The lowest BCUT2D eigenvalue weighted by Gasteiger charge is -2.41. The Morgan fingerprint density at radius 2 is 1.76 bits per heavy atom. The molecule has 0 saturated carbocycles. The summed E-state index contributed by atoms with van der Waals surface area (Å²) in [6, 6.07) is 7.35. The van der Waals surface area contributed by atoms with Gasteiger partial charge in [0.05, 0.1) is 18.9 Å². The second-order valence-corrected chi connectivity index (χ2v) is 12.5. The Hall–Kier alpha value is -1.71. The number of alkyl halides is 3. The number of halogens is 3. The van der Waals surface area contributed by atoms with E-state index in [1.165, 1.54) is 22.5 Å². The minimum atomic E-state index is -4.87. The zero-order valence-corrected chi connectivity index (χ0v) is 20.1. The molecule has 0 bridgehead atoms. The molecule has 184 valence electrons. The lowest BCUT2D eigenvalue weighted by atomic mass is 9.95. The average molecular weight is 529 g/mol. The number of sulfonamides is 1. The van der Waals surface area contributed by atoms with Crippen LogP contribution < -0.4 is 4.90 Å². The first-order valence-corrected chi connectivity index (χ1v) is 13.8. The predicted molar refractivity (Wildman–Crippen MR) is 117 cm³/mol. The number of thiophene rings is 1. The molecule has 3 rings (SSSR count). The van der Waals surface area contributed by atoms with E-state index in [2.05, 4.69) is 0 Å². The summed E-state index contributed by atoms with van der Waals surface area (Å²) < 4.78 is 94.5. The summed E-state index contributed by atoms with van der Waals surface area (Å²) in [4.78, 5) is 1.68. The molecule has 1 N–H and O–H groups in total. The van der Waals surface area contributed by atoms with Crippen LogP contribution in [-0.4, -0.2) is 71.0 Å². The highest BCUT2D eigenvalue weighted by Crippen LogP contribution is 2.39. The van der Waals surface area contributed by atoms with Gasteiger partial charge in [-0.15, -0.1) is 11.3 Å². The number of nitrogens with zero attached hydrogens (tertiary/aromatic N) is 2. The molecule has 0 spiro atoms. The maximum Gasteiger partial charge on any atom is 0.421 e. The first-order valence-electron chi connectivity index (χ1n) is 9.67. The van der Waals surface area contributed by atoms with E-state index in [4.69, 9.17) is 4.18 Å². The lowest BCUT2D eigenvalue weighted by Crippen LogP contribution is -2.56. The highest BCUT2D eigenvalue weighted by molar-refractivity contribution is 7.91. The fourth-order valence-electron chi connectivity index (χ4n) is 3.41. The zero-order valence-electron chi connectivity index (χ0n) is 17.7. The molecule has 2 unspecified atom stereocenters. The largest absolute Gasteiger partial charge is 0.421 e. The molecular weight excluding hydrogens is 505 g/mol. The van der Waals surface area contributed by atoms with Gasteiger partial charge in [0.1, 0.15) is 4.21 Å². The van der Waals surface area contributed by atoms with Crippen LogP contribution in [0.5, 0.6) is 0 Å². The quantitative estimate of drug-likeness (QED) is 0.551. The summed E-state index contributed by atoms with van der Waals surface area (Å²) >= 11 is 1.06. The number of aliphatic hydroxyl groups is 1. The van der Waals surface area contributed by atoms with Crippen LogP contribution in [0.25, 0.3) is 0 Å². The molecule has 1 saturated heterocycles. The average Bonchev–Trinajstić information content (AvgIpc) is 3.26. The Bertz CT molecular complexity index is 1160. The van der Waals surface area contributed by atoms with E-state index in [1.807, 2.05) is 0 Å². The van der Waals surface area contributed by atoms with Crippen molar-refractivity contribution < 1.29 is 39.3 Å². The first-order chi connectivity index (χ1) is 15.1. The minimum absolute atomic E-state index is 0.0810. The van der Waals surface area contributed by atoms with Crippen LogP contribution in [0.4, 0.5) is 18.9 Å². The van der Waals surface area contributed by atoms with Crippen molar-refractivity contribution in [2.75, 3.05) is 37.4 Å². The van der Waals surface area contributed by atoms with Gasteiger partial charge in [0.2, 0.25) is 0 Å². The smallest absolute Gasteiger partial charge is 0.376 e. The van der Waals surface area contributed by atoms with Crippen molar-refractivity contribution >= 4 is 37.2 Å². The van der Waals surface area contributed by atoms with E-state index >= 15 is 0 Å². The third kappa shape index (κ3) is 5.69. The molecule has 1 aromatic heterocycles. The molecule has 8 nitrogen and oxygen atoms in total. The van der Waals surface area contributed by atoms with E-state index in [0.717, 1.165) is 29.7 Å². The Labute approximate surface area is 194 Å². The summed E-state index contributed by atoms with van der Waals surface area (Å²) in [6.45, 7) is 0.447. The molecular formula is C19H23F3N2O6S3. The van der Waals surface area contributed by atoms with Crippen LogP contribution >= 0.6 is 11.3 Å². The molecule has 1 fully saturated rings. The van der Waals surface area contributed by atoms with Crippen LogP contribution in [0.3, 0.4) is 0 Å². The Balaban J connectivity index is 1.87. The highest BCUT2D eigenvalue weighted by Gasteiger charge is 2.51. The summed E-state index contributed by atoms with van der Waals surface area (Å²) in [5.74, 6) is 0. The van der Waals surface area contributed by atoms with Crippen molar-refractivity contribution in [1.29, 1.82) is 0 Å². The number of benzene rings is 1. The van der Waals surface area contributed by atoms with Crippen LogP contribution in [0, 0.1) is 0 Å². The van der Waals surface area contributed by atoms with Crippen LogP contribution in [-0.2, 0) is 29.9 Å². The molecule has 1 aromatic carbocycles. The van der Waals surface area contributed by atoms with Crippen molar-refractivity contribution in [3.05, 3.63) is 47.3 Å². The minimum Gasteiger partial charge on any atom is -0.376 e. The maximum atomic E-state index is 13.1. The normalized spacial score (nSPS) is 20.5. The summed E-state index contributed by atoms with van der Waals surface area (Å²) in [5.41, 5.74) is -2.97. The Morgan fingerprint density at radius 1 is 1.12 bits per heavy atom. The van der Waals surface area contributed by atoms with E-state index in [0.29, 0.717) is 12.6 Å². The third-order valence-corrected chi connectivity index (χ3v) is 9.12. The van der Waals surface area contributed by atoms with Crippen molar-refractivity contribution in [3.8, 4) is 0 Å². The van der Waals surface area contributed by atoms with Crippen molar-refractivity contribution in [1.82, 2.24) is 4.31 Å². The van der Waals surface area contributed by atoms with Gasteiger partial charge in [0.15, 0.2) is 5.60 Å². The number of anilines is 1. The van der Waals surface area contributed by atoms with Gasteiger partial charge >= 0.3 is 6.18 Å². The summed E-state index contributed by atoms with van der Waals surface area (Å²) in [7, 11) is -7.61. The molecule has 2 aromatic rings. The van der Waals surface area contributed by atoms with E-state index in [1.54, 1.807) is 16.3 Å². The molecule has 0 amide bonds. The van der Waals surface area contributed by atoms with E-state index < -0.39 is 38.0 Å². The molecule has 1 aliphatic heterocycles. The monoisotopic (exact) mass is 528 g/mol. The number of hydrogen-bond donors (Lipinski definition) is 1. The first kappa shape index (κ1) is 25.9. The van der Waals surface area contributed by atoms with Gasteiger partial charge in [-0.05, 0) is 36.1 Å². The van der Waals surface area contributed by atoms with Crippen LogP contribution in [0.15, 0.2) is 46.0 Å². The Morgan fingerprint density at radius 3 is 2.27 bits per heavy atom. The van der Waals surface area contributed by atoms with Gasteiger partial charge in [0, 0.05) is 25.3 Å². The lowest BCUT2D eigenvalue weighted by molar-refractivity contribution is -0.258. The fraction of sp³-hybridized carbons (Fsp3) is 0.474. The predicted octanol–water partition coefficient (Wildman–Crippen LogP) is 2.37. The van der Waals surface area contributed by atoms with Gasteiger partial charge in [0.25, 0.3) is 20.1 Å². The maximum absolute atomic E-state index is 13.1. The Kier molecular flexibility index (Phi) is 7.18. The molecule has 0 radical (unpaired) electrons. The van der Waals surface area contributed by atoms with Crippen molar-refractivity contribution in [2.45, 2.75) is 29.0 Å². The second kappa shape index (κ2) is 9.15. The molecule has 1 aliphatic rings. The summed E-state index contributed by atoms with van der Waals surface area (Å²) in [5, 5.41) is 11.5. The van der Waals surface area contributed by atoms with Gasteiger partial charge < -0.3 is 10.0 Å². The molecule has 33 heavy (non-hydrogen) atoms. The summed E-state index contributed by atoms with van der Waals surface area (Å²) in [6.07, 6.45) is -4.00. The van der Waals surface area contributed by atoms with Gasteiger partial charge in [-0.3, -0.25) is 4.18 Å². The standard InChI is InChI=1S/C19H23F3N2O6S3/c1-18(25,19(20,21)22)14-5-7-15(8-6-14)24-10-9-23(12-16(24)13-30-32(2,26)27)33(28,29)17-4-3-11-31-17/h3-8,11,16,25H,9-10,12-13H2,1-2H3. The number of piperazine rings is 1. The number of rotatable bonds is 7. The van der Waals surface area contributed by atoms with E-state index in [-0.39, 0.29) is 36.0 Å². The van der Waals surface area contributed by atoms with Crippen molar-refractivity contribution in [2.24, 2.45) is 0 Å². The molecule has 2 atom stereocenters. The van der Waals surface area contributed by atoms with Gasteiger partial charge in [-0.2, -0.15) is 25.9 Å². The molecule has 2 heterocycles. The SMILES string of the molecule is CC(O)(c1ccc(N2CCN(S(=O)(=O)c3cccs3)CC2COS(C)(=O)=O)cc1)C(F)(F)F. The van der Waals surface area contributed by atoms with Gasteiger partial charge in [-0.1, -0.05) is 18.2 Å². The third-order valence-electron chi connectivity index (χ3n) is 5.32. The topological polar surface area (TPSA) is 104 Å². The number of hydrogen-bond acceptors (Lipinski definition) is 8. The molecule has 14 heteroatoms. The van der Waals surface area contributed by atoms with Crippen molar-refractivity contribution in [3.63, 3.8) is 0 Å².